The van der Waals surface area contributed by atoms with Crippen LogP contribution in [0.4, 0.5) is 5.82 Å². The van der Waals surface area contributed by atoms with Gasteiger partial charge < -0.3 is 10.1 Å². The second-order valence-electron chi connectivity index (χ2n) is 6.90. The first-order valence-corrected chi connectivity index (χ1v) is 9.39. The summed E-state index contributed by atoms with van der Waals surface area (Å²) in [4.78, 5) is 8.84. The number of fused-ring (bicyclic) bond motifs is 1. The number of aliphatic imine (C=N–C) groups is 1. The molecule has 24 heavy (non-hydrogen) atoms. The van der Waals surface area contributed by atoms with Crippen LogP contribution in [-0.2, 0) is 17.6 Å². The molecule has 5 nitrogen and oxygen atoms in total. The van der Waals surface area contributed by atoms with Crippen molar-refractivity contribution in [2.75, 3.05) is 25.5 Å². The fourth-order valence-electron chi connectivity index (χ4n) is 3.80. The molecule has 0 bridgehead atoms. The van der Waals surface area contributed by atoms with Crippen molar-refractivity contribution < 1.29 is 4.74 Å². The van der Waals surface area contributed by atoms with E-state index in [4.69, 9.17) is 4.74 Å². The highest BCUT2D eigenvalue weighted by molar-refractivity contribution is 5.88. The highest BCUT2D eigenvalue weighted by Crippen LogP contribution is 2.24. The number of nitrogens with one attached hydrogen (secondary N) is 2. The van der Waals surface area contributed by atoms with Gasteiger partial charge in [0, 0.05) is 19.8 Å². The number of amidine groups is 1. The van der Waals surface area contributed by atoms with Gasteiger partial charge in [0.15, 0.2) is 0 Å². The Morgan fingerprint density at radius 1 is 1.38 bits per heavy atom. The molecule has 0 aromatic carbocycles. The highest BCUT2D eigenvalue weighted by Gasteiger charge is 2.27. The molecule has 0 saturated carbocycles. The zero-order valence-corrected chi connectivity index (χ0v) is 15.0. The molecule has 2 heterocycles. The van der Waals surface area contributed by atoms with E-state index in [2.05, 4.69) is 33.6 Å². The number of anilines is 1. The summed E-state index contributed by atoms with van der Waals surface area (Å²) in [5.41, 5.74) is 2.81. The van der Waals surface area contributed by atoms with Crippen LogP contribution in [0.25, 0.3) is 0 Å². The van der Waals surface area contributed by atoms with E-state index < -0.39 is 0 Å². The predicted octanol–water partition coefficient (Wildman–Crippen LogP) is 3.15. The SMILES string of the molecule is CCCC1CCNCC1OC(=NC)Nc1cc2c(cn1)CCCC2. The van der Waals surface area contributed by atoms with Crippen LogP contribution in [-0.4, -0.2) is 37.2 Å². The number of pyridine rings is 1. The van der Waals surface area contributed by atoms with Gasteiger partial charge in [-0.3, -0.25) is 5.32 Å². The highest BCUT2D eigenvalue weighted by atomic mass is 16.5. The van der Waals surface area contributed by atoms with E-state index >= 15 is 0 Å². The number of hydrogen-bond acceptors (Lipinski definition) is 4. The van der Waals surface area contributed by atoms with Crippen molar-refractivity contribution in [3.63, 3.8) is 0 Å². The lowest BCUT2D eigenvalue weighted by atomic mass is 9.91. The van der Waals surface area contributed by atoms with Gasteiger partial charge in [-0.1, -0.05) is 13.3 Å². The molecule has 1 aromatic heterocycles. The summed E-state index contributed by atoms with van der Waals surface area (Å²) in [6, 6.07) is 2.74. The minimum Gasteiger partial charge on any atom is -0.460 e. The van der Waals surface area contributed by atoms with Crippen LogP contribution in [0.2, 0.25) is 0 Å². The van der Waals surface area contributed by atoms with E-state index in [-0.39, 0.29) is 6.10 Å². The molecule has 2 aliphatic rings. The summed E-state index contributed by atoms with van der Waals surface area (Å²) < 4.78 is 6.19. The minimum atomic E-state index is 0.183. The fraction of sp³-hybridized carbons (Fsp3) is 0.684. The fourth-order valence-corrected chi connectivity index (χ4v) is 3.80. The van der Waals surface area contributed by atoms with E-state index in [0.29, 0.717) is 11.9 Å². The maximum atomic E-state index is 6.19. The van der Waals surface area contributed by atoms with Crippen LogP contribution in [0.15, 0.2) is 17.3 Å². The third-order valence-corrected chi connectivity index (χ3v) is 5.15. The van der Waals surface area contributed by atoms with E-state index in [1.54, 1.807) is 7.05 Å². The Labute approximate surface area is 145 Å². The average molecular weight is 330 g/mol. The summed E-state index contributed by atoms with van der Waals surface area (Å²) in [5, 5.41) is 6.71. The van der Waals surface area contributed by atoms with Gasteiger partial charge in [-0.05, 0) is 68.2 Å². The smallest absolute Gasteiger partial charge is 0.290 e. The van der Waals surface area contributed by atoms with Crippen molar-refractivity contribution >= 4 is 11.8 Å². The van der Waals surface area contributed by atoms with Gasteiger partial charge in [0.05, 0.1) is 0 Å². The topological polar surface area (TPSA) is 58.5 Å². The molecule has 1 fully saturated rings. The van der Waals surface area contributed by atoms with Crippen molar-refractivity contribution in [1.82, 2.24) is 10.3 Å². The van der Waals surface area contributed by atoms with Crippen LogP contribution in [0, 0.1) is 5.92 Å². The molecule has 0 amide bonds. The first kappa shape index (κ1) is 17.2. The first-order chi connectivity index (χ1) is 11.8. The zero-order chi connectivity index (χ0) is 16.8. The molecule has 0 radical (unpaired) electrons. The normalized spacial score (nSPS) is 24.3. The Bertz CT molecular complexity index is 570. The van der Waals surface area contributed by atoms with E-state index in [0.717, 1.165) is 31.7 Å². The zero-order valence-electron chi connectivity index (χ0n) is 15.0. The second kappa shape index (κ2) is 8.47. The molecule has 132 valence electrons. The lowest BCUT2D eigenvalue weighted by molar-refractivity contribution is 0.0880. The second-order valence-corrected chi connectivity index (χ2v) is 6.90. The summed E-state index contributed by atoms with van der Waals surface area (Å²) in [6.45, 7) is 4.22. The number of ether oxygens (including phenoxy) is 1. The third kappa shape index (κ3) is 4.26. The third-order valence-electron chi connectivity index (χ3n) is 5.15. The lowest BCUT2D eigenvalue weighted by Gasteiger charge is -2.32. The molecule has 2 N–H and O–H groups in total. The summed E-state index contributed by atoms with van der Waals surface area (Å²) in [7, 11) is 1.77. The molecule has 1 aromatic rings. The molecule has 1 aliphatic carbocycles. The predicted molar refractivity (Wildman–Crippen MR) is 98.6 cm³/mol. The van der Waals surface area contributed by atoms with Gasteiger partial charge in [0.25, 0.3) is 6.02 Å². The molecule has 3 rings (SSSR count). The number of aryl methyl sites for hydroxylation is 2. The largest absolute Gasteiger partial charge is 0.460 e. The van der Waals surface area contributed by atoms with Gasteiger partial charge in [-0.15, -0.1) is 0 Å². The maximum absolute atomic E-state index is 6.19. The van der Waals surface area contributed by atoms with E-state index in [1.165, 1.54) is 43.2 Å². The summed E-state index contributed by atoms with van der Waals surface area (Å²) in [5.74, 6) is 1.44. The molecule has 0 spiro atoms. The Morgan fingerprint density at radius 2 is 2.21 bits per heavy atom. The number of piperidine rings is 1. The quantitative estimate of drug-likeness (QED) is 0.658. The van der Waals surface area contributed by atoms with E-state index in [1.807, 2.05) is 6.20 Å². The van der Waals surface area contributed by atoms with Crippen molar-refractivity contribution in [1.29, 1.82) is 0 Å². The lowest BCUT2D eigenvalue weighted by Crippen LogP contribution is -2.44. The summed E-state index contributed by atoms with van der Waals surface area (Å²) in [6.07, 6.45) is 10.6. The molecule has 1 aliphatic heterocycles. The van der Waals surface area contributed by atoms with Crippen LogP contribution in [0.5, 0.6) is 0 Å². The van der Waals surface area contributed by atoms with Crippen LogP contribution < -0.4 is 10.6 Å². The van der Waals surface area contributed by atoms with Gasteiger partial charge in [0.2, 0.25) is 0 Å². The number of hydrogen-bond donors (Lipinski definition) is 2. The molecular formula is C19H30N4O. The molecular weight excluding hydrogens is 300 g/mol. The number of aromatic nitrogens is 1. The van der Waals surface area contributed by atoms with Crippen LogP contribution >= 0.6 is 0 Å². The standard InChI is InChI=1S/C19H30N4O/c1-3-6-14-9-10-21-13-17(14)24-19(20-2)23-18-11-15-7-4-5-8-16(15)12-22-18/h11-12,14,17,21H,3-10,13H2,1-2H3,(H,20,22,23). The van der Waals surface area contributed by atoms with Gasteiger partial charge >= 0.3 is 0 Å². The van der Waals surface area contributed by atoms with E-state index in [9.17, 15) is 0 Å². The Balaban J connectivity index is 1.64. The van der Waals surface area contributed by atoms with Gasteiger partial charge in [-0.2, -0.15) is 0 Å². The monoisotopic (exact) mass is 330 g/mol. The number of nitrogens with zero attached hydrogens (tertiary/aromatic N) is 2. The first-order valence-electron chi connectivity index (χ1n) is 9.39. The van der Waals surface area contributed by atoms with Crippen LogP contribution in [0.3, 0.4) is 0 Å². The maximum Gasteiger partial charge on any atom is 0.290 e. The Kier molecular flexibility index (Phi) is 6.07. The Hall–Kier alpha value is -1.62. The van der Waals surface area contributed by atoms with Crippen molar-refractivity contribution in [2.24, 2.45) is 10.9 Å². The van der Waals surface area contributed by atoms with Crippen molar-refractivity contribution in [3.05, 3.63) is 23.4 Å². The molecule has 2 unspecified atom stereocenters. The average Bonchev–Trinajstić information content (AvgIpc) is 2.63. The van der Waals surface area contributed by atoms with Crippen molar-refractivity contribution in [2.45, 2.75) is 58.0 Å². The van der Waals surface area contributed by atoms with Gasteiger partial charge in [-0.25, -0.2) is 9.98 Å². The number of rotatable bonds is 4. The van der Waals surface area contributed by atoms with Crippen molar-refractivity contribution in [3.8, 4) is 0 Å². The molecule has 5 heteroatoms. The molecule has 1 saturated heterocycles. The Morgan fingerprint density at radius 3 is 3.00 bits per heavy atom. The van der Waals surface area contributed by atoms with Crippen LogP contribution in [0.1, 0.15) is 50.2 Å². The molecule has 2 atom stereocenters. The van der Waals surface area contributed by atoms with Gasteiger partial charge in [0.1, 0.15) is 11.9 Å². The minimum absolute atomic E-state index is 0.183. The summed E-state index contributed by atoms with van der Waals surface area (Å²) >= 11 is 0.